The lowest BCUT2D eigenvalue weighted by molar-refractivity contribution is -0.113. The van der Waals surface area contributed by atoms with E-state index < -0.39 is 0 Å². The van der Waals surface area contributed by atoms with Crippen LogP contribution in [0.4, 0.5) is 5.69 Å². The maximum absolute atomic E-state index is 13.0. The fourth-order valence-corrected chi connectivity index (χ4v) is 4.74. The molecule has 2 aromatic carbocycles. The summed E-state index contributed by atoms with van der Waals surface area (Å²) in [5.74, 6) is 0.632. The van der Waals surface area contributed by atoms with Gasteiger partial charge < -0.3 is 15.2 Å². The number of anilines is 1. The second-order valence-electron chi connectivity index (χ2n) is 9.10. The van der Waals surface area contributed by atoms with E-state index >= 15 is 0 Å². The van der Waals surface area contributed by atoms with Gasteiger partial charge in [0.25, 0.3) is 5.91 Å². The molecule has 190 valence electrons. The van der Waals surface area contributed by atoms with Gasteiger partial charge in [-0.05, 0) is 49.4 Å². The van der Waals surface area contributed by atoms with Crippen molar-refractivity contribution < 1.29 is 9.59 Å². The van der Waals surface area contributed by atoms with Gasteiger partial charge in [0.05, 0.1) is 11.8 Å². The number of nitrogens with zero attached hydrogens (tertiary/aromatic N) is 3. The number of benzene rings is 2. The molecule has 1 heterocycles. The quantitative estimate of drug-likeness (QED) is 0.265. The van der Waals surface area contributed by atoms with Gasteiger partial charge in [0.2, 0.25) is 5.91 Å². The van der Waals surface area contributed by atoms with Crippen LogP contribution in [0.2, 0.25) is 0 Å². The van der Waals surface area contributed by atoms with Gasteiger partial charge in [0.15, 0.2) is 11.0 Å². The fourth-order valence-electron chi connectivity index (χ4n) is 3.99. The van der Waals surface area contributed by atoms with Crippen LogP contribution in [0.15, 0.2) is 60.3 Å². The van der Waals surface area contributed by atoms with Crippen molar-refractivity contribution in [2.45, 2.75) is 58.8 Å². The van der Waals surface area contributed by atoms with E-state index in [2.05, 4.69) is 34.3 Å². The third-order valence-corrected chi connectivity index (χ3v) is 6.87. The first-order chi connectivity index (χ1) is 17.2. The minimum atomic E-state index is -0.354. The van der Waals surface area contributed by atoms with Crippen molar-refractivity contribution in [2.75, 3.05) is 11.1 Å². The molecule has 0 aliphatic heterocycles. The van der Waals surface area contributed by atoms with Crippen LogP contribution < -0.4 is 10.6 Å². The predicted octanol–water partition coefficient (Wildman–Crippen LogP) is 5.50. The number of nitrogens with one attached hydrogen (secondary N) is 2. The van der Waals surface area contributed by atoms with E-state index in [0.29, 0.717) is 23.1 Å². The number of aromatic nitrogens is 3. The molecule has 0 radical (unpaired) electrons. The molecule has 2 amide bonds. The highest BCUT2D eigenvalue weighted by Gasteiger charge is 2.26. The van der Waals surface area contributed by atoms with E-state index in [4.69, 9.17) is 0 Å². The van der Waals surface area contributed by atoms with Crippen molar-refractivity contribution in [1.29, 1.82) is 0 Å². The lowest BCUT2D eigenvalue weighted by Gasteiger charge is -2.22. The third kappa shape index (κ3) is 6.63. The molecule has 8 heteroatoms. The summed E-state index contributed by atoms with van der Waals surface area (Å²) < 4.78 is 1.91. The van der Waals surface area contributed by atoms with Gasteiger partial charge in [0.1, 0.15) is 0 Å². The highest BCUT2D eigenvalue weighted by molar-refractivity contribution is 7.99. The molecule has 0 saturated heterocycles. The largest absolute Gasteiger partial charge is 0.342 e. The van der Waals surface area contributed by atoms with Crippen LogP contribution in [-0.4, -0.2) is 32.3 Å². The van der Waals surface area contributed by atoms with Crippen LogP contribution in [0, 0.1) is 19.8 Å². The Morgan fingerprint density at radius 3 is 2.56 bits per heavy atom. The lowest BCUT2D eigenvalue weighted by atomic mass is 10.0. The average Bonchev–Trinajstić information content (AvgIpc) is 3.24. The van der Waals surface area contributed by atoms with Gasteiger partial charge in [-0.1, -0.05) is 74.5 Å². The Morgan fingerprint density at radius 2 is 1.89 bits per heavy atom. The summed E-state index contributed by atoms with van der Waals surface area (Å²) in [6.07, 6.45) is 2.60. The van der Waals surface area contributed by atoms with Crippen LogP contribution in [0.3, 0.4) is 0 Å². The van der Waals surface area contributed by atoms with Crippen LogP contribution in [-0.2, 0) is 17.8 Å². The molecule has 3 aromatic rings. The SMILES string of the molecule is C=CCn1c(SCC(=O)Nc2c(C)cccc2CC)nnc1[C@H](NC(=O)c1cccc(C)c1)C(C)C. The first kappa shape index (κ1) is 27.2. The summed E-state index contributed by atoms with van der Waals surface area (Å²) in [6, 6.07) is 13.2. The second kappa shape index (κ2) is 12.5. The van der Waals surface area contributed by atoms with Gasteiger partial charge >= 0.3 is 0 Å². The number of carbonyl (C=O) groups excluding carboxylic acids is 2. The molecule has 0 saturated carbocycles. The number of allylic oxidation sites excluding steroid dienone is 1. The molecule has 0 fully saturated rings. The topological polar surface area (TPSA) is 88.9 Å². The molecule has 0 unspecified atom stereocenters. The fraction of sp³-hybridized carbons (Fsp3) is 0.357. The molecule has 3 rings (SSSR count). The molecular formula is C28H35N5O2S. The number of hydrogen-bond donors (Lipinski definition) is 2. The van der Waals surface area contributed by atoms with E-state index in [1.807, 2.05) is 68.7 Å². The summed E-state index contributed by atoms with van der Waals surface area (Å²) in [5, 5.41) is 15.6. The average molecular weight is 506 g/mol. The minimum Gasteiger partial charge on any atom is -0.342 e. The molecule has 0 bridgehead atoms. The van der Waals surface area contributed by atoms with Gasteiger partial charge in [0, 0.05) is 17.8 Å². The molecule has 0 aliphatic rings. The molecule has 1 aromatic heterocycles. The van der Waals surface area contributed by atoms with Gasteiger partial charge in [-0.25, -0.2) is 0 Å². The van der Waals surface area contributed by atoms with Crippen molar-refractivity contribution in [2.24, 2.45) is 5.92 Å². The van der Waals surface area contributed by atoms with Crippen molar-refractivity contribution in [3.8, 4) is 0 Å². The lowest BCUT2D eigenvalue weighted by Crippen LogP contribution is -2.34. The standard InChI is InChI=1S/C28H35N5O2S/c1-7-15-33-26(24(18(3)4)30-27(35)22-14-9-11-19(5)16-22)31-32-28(33)36-17-23(34)29-25-20(6)12-10-13-21(25)8-2/h7,9-14,16,18,24H,1,8,15,17H2,2-6H3,(H,29,34)(H,30,35)/t24-/m1/s1. The monoisotopic (exact) mass is 505 g/mol. The van der Waals surface area contributed by atoms with E-state index in [0.717, 1.165) is 28.8 Å². The zero-order valence-corrected chi connectivity index (χ0v) is 22.5. The van der Waals surface area contributed by atoms with Crippen molar-refractivity contribution in [3.05, 3.63) is 83.2 Å². The zero-order chi connectivity index (χ0) is 26.2. The number of carbonyl (C=O) groups is 2. The summed E-state index contributed by atoms with van der Waals surface area (Å²) in [4.78, 5) is 25.8. The molecule has 0 spiro atoms. The van der Waals surface area contributed by atoms with Crippen LogP contribution in [0.1, 0.15) is 59.7 Å². The highest BCUT2D eigenvalue weighted by Crippen LogP contribution is 2.27. The smallest absolute Gasteiger partial charge is 0.251 e. The van der Waals surface area contributed by atoms with E-state index in [1.165, 1.54) is 11.8 Å². The number of thioether (sulfide) groups is 1. The zero-order valence-electron chi connectivity index (χ0n) is 21.7. The Morgan fingerprint density at radius 1 is 1.14 bits per heavy atom. The summed E-state index contributed by atoms with van der Waals surface area (Å²) in [7, 11) is 0. The molecule has 2 N–H and O–H groups in total. The number of hydrogen-bond acceptors (Lipinski definition) is 5. The predicted molar refractivity (Wildman–Crippen MR) is 146 cm³/mol. The Bertz CT molecular complexity index is 1230. The van der Waals surface area contributed by atoms with Crippen molar-refractivity contribution in [3.63, 3.8) is 0 Å². The Hall–Kier alpha value is -3.39. The molecule has 36 heavy (non-hydrogen) atoms. The number of para-hydroxylation sites is 1. The van der Waals surface area contributed by atoms with E-state index in [-0.39, 0.29) is 29.5 Å². The maximum atomic E-state index is 13.0. The Balaban J connectivity index is 1.77. The highest BCUT2D eigenvalue weighted by atomic mass is 32.2. The maximum Gasteiger partial charge on any atom is 0.251 e. The molecule has 1 atom stereocenters. The van der Waals surface area contributed by atoms with Gasteiger partial charge in [-0.3, -0.25) is 9.59 Å². The summed E-state index contributed by atoms with van der Waals surface area (Å²) >= 11 is 1.32. The number of aryl methyl sites for hydroxylation is 3. The summed E-state index contributed by atoms with van der Waals surface area (Å²) in [5.41, 5.74) is 4.64. The van der Waals surface area contributed by atoms with Crippen LogP contribution in [0.5, 0.6) is 0 Å². The first-order valence-electron chi connectivity index (χ1n) is 12.2. The van der Waals surface area contributed by atoms with Crippen LogP contribution >= 0.6 is 11.8 Å². The minimum absolute atomic E-state index is 0.0705. The first-order valence-corrected chi connectivity index (χ1v) is 13.2. The Labute approximate surface area is 217 Å². The van der Waals surface area contributed by atoms with Crippen LogP contribution in [0.25, 0.3) is 0 Å². The summed E-state index contributed by atoms with van der Waals surface area (Å²) in [6.45, 7) is 14.4. The van der Waals surface area contributed by atoms with E-state index in [9.17, 15) is 9.59 Å². The normalized spacial score (nSPS) is 11.8. The van der Waals surface area contributed by atoms with Gasteiger partial charge in [-0.15, -0.1) is 16.8 Å². The molecular weight excluding hydrogens is 470 g/mol. The van der Waals surface area contributed by atoms with Crippen molar-refractivity contribution in [1.82, 2.24) is 20.1 Å². The van der Waals surface area contributed by atoms with Gasteiger partial charge in [-0.2, -0.15) is 0 Å². The third-order valence-electron chi connectivity index (χ3n) is 5.91. The molecule has 7 nitrogen and oxygen atoms in total. The Kier molecular flexibility index (Phi) is 9.47. The second-order valence-corrected chi connectivity index (χ2v) is 10.0. The van der Waals surface area contributed by atoms with E-state index in [1.54, 1.807) is 12.1 Å². The number of amides is 2. The van der Waals surface area contributed by atoms with Crippen molar-refractivity contribution >= 4 is 29.3 Å². The number of rotatable bonds is 11. The molecule has 0 aliphatic carbocycles.